The first kappa shape index (κ1) is 15.9. The Morgan fingerprint density at radius 3 is 2.75 bits per heavy atom. The summed E-state index contributed by atoms with van der Waals surface area (Å²) in [4.78, 5) is 23.4. The van der Waals surface area contributed by atoms with Crippen LogP contribution in [0, 0.1) is 17.0 Å². The van der Waals surface area contributed by atoms with Gasteiger partial charge in [0.15, 0.2) is 5.82 Å². The molecule has 0 aliphatic heterocycles. The highest BCUT2D eigenvalue weighted by molar-refractivity contribution is 7.14. The van der Waals surface area contributed by atoms with E-state index >= 15 is 0 Å². The van der Waals surface area contributed by atoms with Gasteiger partial charge in [-0.25, -0.2) is 0 Å². The van der Waals surface area contributed by atoms with Gasteiger partial charge in [-0.05, 0) is 12.5 Å². The van der Waals surface area contributed by atoms with E-state index in [2.05, 4.69) is 10.4 Å². The minimum atomic E-state index is -0.489. The summed E-state index contributed by atoms with van der Waals surface area (Å²) in [5, 5.41) is 17.8. The van der Waals surface area contributed by atoms with Gasteiger partial charge in [-0.2, -0.15) is 5.10 Å². The van der Waals surface area contributed by atoms with Crippen molar-refractivity contribution in [3.8, 4) is 0 Å². The van der Waals surface area contributed by atoms with Gasteiger partial charge in [-0.15, -0.1) is 11.3 Å². The number of benzene rings is 1. The van der Waals surface area contributed by atoms with E-state index in [1.54, 1.807) is 23.9 Å². The summed E-state index contributed by atoms with van der Waals surface area (Å²) in [6, 6.07) is 12.8. The Morgan fingerprint density at radius 2 is 2.08 bits per heavy atom. The quantitative estimate of drug-likeness (QED) is 0.568. The van der Waals surface area contributed by atoms with Gasteiger partial charge in [-0.1, -0.05) is 30.3 Å². The Balaban J connectivity index is 1.69. The average molecular weight is 342 g/mol. The van der Waals surface area contributed by atoms with E-state index in [-0.39, 0.29) is 10.6 Å². The van der Waals surface area contributed by atoms with Crippen molar-refractivity contribution in [1.82, 2.24) is 9.78 Å². The van der Waals surface area contributed by atoms with Gasteiger partial charge in [0.1, 0.15) is 0 Å². The number of hydrogen-bond acceptors (Lipinski definition) is 5. The number of aryl methyl sites for hydroxylation is 1. The molecule has 1 aromatic carbocycles. The van der Waals surface area contributed by atoms with Crippen LogP contribution in [0.5, 0.6) is 0 Å². The van der Waals surface area contributed by atoms with E-state index in [1.807, 2.05) is 30.3 Å². The number of anilines is 1. The Labute approximate surface area is 141 Å². The molecule has 0 atom stereocenters. The summed E-state index contributed by atoms with van der Waals surface area (Å²) >= 11 is 1.09. The molecule has 0 bridgehead atoms. The molecule has 2 heterocycles. The average Bonchev–Trinajstić information content (AvgIpc) is 3.15. The molecular formula is C16H14N4O3S. The first-order valence-electron chi connectivity index (χ1n) is 7.16. The molecule has 0 saturated carbocycles. The van der Waals surface area contributed by atoms with Crippen molar-refractivity contribution in [3.05, 3.63) is 74.1 Å². The highest BCUT2D eigenvalue weighted by atomic mass is 32.1. The van der Waals surface area contributed by atoms with Crippen LogP contribution < -0.4 is 5.32 Å². The van der Waals surface area contributed by atoms with Crippen molar-refractivity contribution in [2.75, 3.05) is 5.32 Å². The number of amides is 1. The Kier molecular flexibility index (Phi) is 4.39. The lowest BCUT2D eigenvalue weighted by Crippen LogP contribution is -2.11. The number of nitro groups is 1. The second kappa shape index (κ2) is 6.63. The molecule has 24 heavy (non-hydrogen) atoms. The number of rotatable bonds is 5. The molecule has 0 radical (unpaired) electrons. The molecule has 3 aromatic rings. The second-order valence-corrected chi connectivity index (χ2v) is 6.40. The number of aromatic nitrogens is 2. The van der Waals surface area contributed by atoms with Gasteiger partial charge >= 0.3 is 0 Å². The SMILES string of the molecule is Cc1sc(C(=O)Nc2ccn(Cc3ccccc3)n2)cc1[N+](=O)[O-]. The number of hydrogen-bond donors (Lipinski definition) is 1. The molecule has 0 fully saturated rings. The van der Waals surface area contributed by atoms with Gasteiger partial charge in [0.05, 0.1) is 21.2 Å². The Hall–Kier alpha value is -3.00. The summed E-state index contributed by atoms with van der Waals surface area (Å²) in [7, 11) is 0. The second-order valence-electron chi connectivity index (χ2n) is 5.15. The first-order valence-corrected chi connectivity index (χ1v) is 7.98. The summed E-state index contributed by atoms with van der Waals surface area (Å²) in [6.45, 7) is 2.22. The number of nitrogens with zero attached hydrogens (tertiary/aromatic N) is 3. The van der Waals surface area contributed by atoms with E-state index in [0.717, 1.165) is 16.9 Å². The number of carbonyl (C=O) groups is 1. The molecule has 0 unspecified atom stereocenters. The molecule has 3 rings (SSSR count). The molecule has 122 valence electrons. The van der Waals surface area contributed by atoms with Crippen LogP contribution in [-0.2, 0) is 6.54 Å². The fourth-order valence-electron chi connectivity index (χ4n) is 2.23. The minimum absolute atomic E-state index is 0.0419. The highest BCUT2D eigenvalue weighted by Crippen LogP contribution is 2.28. The van der Waals surface area contributed by atoms with E-state index in [4.69, 9.17) is 0 Å². The molecule has 2 aromatic heterocycles. The maximum atomic E-state index is 12.2. The standard InChI is InChI=1S/C16H14N4O3S/c1-11-13(20(22)23)9-14(24-11)16(21)17-15-7-8-19(18-15)10-12-5-3-2-4-6-12/h2-9H,10H2,1H3,(H,17,18,21). The molecule has 0 saturated heterocycles. The van der Waals surface area contributed by atoms with Crippen LogP contribution in [0.15, 0.2) is 48.7 Å². The predicted octanol–water partition coefficient (Wildman–Crippen LogP) is 3.46. The van der Waals surface area contributed by atoms with E-state index < -0.39 is 10.8 Å². The van der Waals surface area contributed by atoms with Crippen molar-refractivity contribution >= 4 is 28.7 Å². The van der Waals surface area contributed by atoms with Gasteiger partial charge in [-0.3, -0.25) is 19.6 Å². The van der Waals surface area contributed by atoms with Crippen LogP contribution in [0.3, 0.4) is 0 Å². The zero-order chi connectivity index (χ0) is 17.1. The lowest BCUT2D eigenvalue weighted by molar-refractivity contribution is -0.385. The summed E-state index contributed by atoms with van der Waals surface area (Å²) in [5.74, 6) is 0.00537. The zero-order valence-corrected chi connectivity index (χ0v) is 13.6. The van der Waals surface area contributed by atoms with Crippen LogP contribution in [0.1, 0.15) is 20.1 Å². The lowest BCUT2D eigenvalue weighted by Gasteiger charge is -2.02. The predicted molar refractivity (Wildman–Crippen MR) is 91.4 cm³/mol. The largest absolute Gasteiger partial charge is 0.304 e. The number of carbonyl (C=O) groups excluding carboxylic acids is 1. The van der Waals surface area contributed by atoms with E-state index in [9.17, 15) is 14.9 Å². The van der Waals surface area contributed by atoms with Crippen LogP contribution >= 0.6 is 11.3 Å². The van der Waals surface area contributed by atoms with Gasteiger partial charge in [0.2, 0.25) is 0 Å². The fourth-order valence-corrected chi connectivity index (χ4v) is 3.11. The molecular weight excluding hydrogens is 328 g/mol. The monoisotopic (exact) mass is 342 g/mol. The summed E-state index contributed by atoms with van der Waals surface area (Å²) in [6.07, 6.45) is 1.77. The van der Waals surface area contributed by atoms with Crippen LogP contribution in [-0.4, -0.2) is 20.6 Å². The van der Waals surface area contributed by atoms with Gasteiger partial charge in [0.25, 0.3) is 11.6 Å². The maximum absolute atomic E-state index is 12.2. The van der Waals surface area contributed by atoms with Gasteiger partial charge < -0.3 is 5.32 Å². The first-order chi connectivity index (χ1) is 11.5. The third kappa shape index (κ3) is 3.49. The molecule has 0 aliphatic carbocycles. The fraction of sp³-hybridized carbons (Fsp3) is 0.125. The van der Waals surface area contributed by atoms with Gasteiger partial charge in [0, 0.05) is 18.3 Å². The molecule has 7 nitrogen and oxygen atoms in total. The Bertz CT molecular complexity index is 886. The molecule has 0 aliphatic rings. The van der Waals surface area contributed by atoms with Crippen LogP contribution in [0.4, 0.5) is 11.5 Å². The Morgan fingerprint density at radius 1 is 1.33 bits per heavy atom. The third-order valence-electron chi connectivity index (χ3n) is 3.38. The van der Waals surface area contributed by atoms with Crippen molar-refractivity contribution in [2.45, 2.75) is 13.5 Å². The van der Waals surface area contributed by atoms with E-state index in [1.165, 1.54) is 6.07 Å². The normalized spacial score (nSPS) is 10.5. The molecule has 0 spiro atoms. The molecule has 8 heteroatoms. The van der Waals surface area contributed by atoms with Crippen LogP contribution in [0.25, 0.3) is 0 Å². The summed E-state index contributed by atoms with van der Waals surface area (Å²) < 4.78 is 1.72. The molecule has 1 amide bonds. The summed E-state index contributed by atoms with van der Waals surface area (Å²) in [5.41, 5.74) is 1.06. The van der Waals surface area contributed by atoms with Crippen molar-refractivity contribution < 1.29 is 9.72 Å². The number of thiophene rings is 1. The third-order valence-corrected chi connectivity index (χ3v) is 4.42. The maximum Gasteiger partial charge on any atom is 0.283 e. The highest BCUT2D eigenvalue weighted by Gasteiger charge is 2.20. The minimum Gasteiger partial charge on any atom is -0.304 e. The van der Waals surface area contributed by atoms with Crippen molar-refractivity contribution in [2.24, 2.45) is 0 Å². The smallest absolute Gasteiger partial charge is 0.283 e. The lowest BCUT2D eigenvalue weighted by atomic mass is 10.2. The topological polar surface area (TPSA) is 90.1 Å². The van der Waals surface area contributed by atoms with Crippen molar-refractivity contribution in [1.29, 1.82) is 0 Å². The van der Waals surface area contributed by atoms with Crippen molar-refractivity contribution in [3.63, 3.8) is 0 Å². The van der Waals surface area contributed by atoms with Crippen LogP contribution in [0.2, 0.25) is 0 Å². The zero-order valence-electron chi connectivity index (χ0n) is 12.8. The number of nitrogens with one attached hydrogen (secondary N) is 1. The molecule has 1 N–H and O–H groups in total. The van der Waals surface area contributed by atoms with E-state index in [0.29, 0.717) is 17.2 Å².